The average molecular weight is 284 g/mol. The van der Waals surface area contributed by atoms with Crippen molar-refractivity contribution in [3.05, 3.63) is 0 Å². The van der Waals surface area contributed by atoms with Gasteiger partial charge in [-0.3, -0.25) is 4.79 Å². The zero-order valence-corrected chi connectivity index (χ0v) is 13.5. The van der Waals surface area contributed by atoms with Crippen molar-refractivity contribution >= 4 is 5.91 Å². The molecule has 4 heteroatoms. The number of unbranched alkanes of at least 4 members (excludes halogenated alkanes) is 5. The summed E-state index contributed by atoms with van der Waals surface area (Å²) in [6, 6.07) is 0.188. The zero-order valence-electron chi connectivity index (χ0n) is 13.5. The summed E-state index contributed by atoms with van der Waals surface area (Å²) in [5.74, 6) is 0.226. The van der Waals surface area contributed by atoms with Gasteiger partial charge in [0.1, 0.15) is 0 Å². The third kappa shape index (κ3) is 6.23. The van der Waals surface area contributed by atoms with E-state index in [4.69, 9.17) is 0 Å². The van der Waals surface area contributed by atoms with Gasteiger partial charge in [0, 0.05) is 25.6 Å². The summed E-state index contributed by atoms with van der Waals surface area (Å²) < 4.78 is 0. The molecule has 0 aliphatic carbocycles. The number of rotatable bonds is 9. The van der Waals surface area contributed by atoms with Crippen LogP contribution in [0.15, 0.2) is 0 Å². The number of β-amino-alcohol motifs (C(OH)–C–C–N with tert-alkyl or cyclic N) is 1. The van der Waals surface area contributed by atoms with E-state index >= 15 is 0 Å². The number of carbonyl (C=O) groups is 1. The lowest BCUT2D eigenvalue weighted by Gasteiger charge is -2.26. The van der Waals surface area contributed by atoms with Crippen molar-refractivity contribution in [1.82, 2.24) is 9.80 Å². The molecule has 1 amide bonds. The molecule has 0 radical (unpaired) electrons. The van der Waals surface area contributed by atoms with Gasteiger partial charge in [-0.15, -0.1) is 0 Å². The minimum atomic E-state index is -0.339. The molecule has 1 aliphatic rings. The van der Waals surface area contributed by atoms with Crippen molar-refractivity contribution in [2.75, 3.05) is 27.2 Å². The first-order valence-corrected chi connectivity index (χ1v) is 8.16. The Hall–Kier alpha value is -0.610. The Labute approximate surface area is 124 Å². The summed E-state index contributed by atoms with van der Waals surface area (Å²) >= 11 is 0. The highest BCUT2D eigenvalue weighted by Gasteiger charge is 2.33. The number of hydrogen-bond acceptors (Lipinski definition) is 3. The molecule has 4 nitrogen and oxygen atoms in total. The van der Waals surface area contributed by atoms with E-state index in [0.717, 1.165) is 25.8 Å². The summed E-state index contributed by atoms with van der Waals surface area (Å²) in [6.45, 7) is 3.58. The van der Waals surface area contributed by atoms with Crippen LogP contribution in [0.4, 0.5) is 0 Å². The first-order valence-electron chi connectivity index (χ1n) is 8.16. The van der Waals surface area contributed by atoms with Crippen LogP contribution in [0.5, 0.6) is 0 Å². The summed E-state index contributed by atoms with van der Waals surface area (Å²) in [5, 5.41) is 9.79. The highest BCUT2D eigenvalue weighted by atomic mass is 16.3. The first-order chi connectivity index (χ1) is 9.54. The third-order valence-electron chi connectivity index (χ3n) is 4.03. The zero-order chi connectivity index (χ0) is 15.0. The number of aliphatic hydroxyl groups excluding tert-OH is 1. The molecule has 118 valence electrons. The molecular weight excluding hydrogens is 252 g/mol. The highest BCUT2D eigenvalue weighted by Crippen LogP contribution is 2.20. The van der Waals surface area contributed by atoms with Gasteiger partial charge in [-0.05, 0) is 26.9 Å². The van der Waals surface area contributed by atoms with E-state index in [1.165, 1.54) is 25.7 Å². The van der Waals surface area contributed by atoms with Crippen molar-refractivity contribution < 1.29 is 9.90 Å². The second-order valence-corrected chi connectivity index (χ2v) is 6.37. The molecule has 2 unspecified atom stereocenters. The molecule has 0 aromatic heterocycles. The van der Waals surface area contributed by atoms with E-state index in [1.54, 1.807) is 0 Å². The molecule has 20 heavy (non-hydrogen) atoms. The predicted molar refractivity (Wildman–Crippen MR) is 82.7 cm³/mol. The van der Waals surface area contributed by atoms with Crippen LogP contribution in [0, 0.1) is 0 Å². The average Bonchev–Trinajstić information content (AvgIpc) is 2.73. The van der Waals surface area contributed by atoms with Gasteiger partial charge in [-0.25, -0.2) is 0 Å². The molecule has 1 N–H and O–H groups in total. The number of carbonyl (C=O) groups excluding carboxylic acids is 1. The van der Waals surface area contributed by atoms with Crippen LogP contribution in [0.3, 0.4) is 0 Å². The van der Waals surface area contributed by atoms with E-state index in [2.05, 4.69) is 11.8 Å². The Morgan fingerprint density at radius 2 is 1.85 bits per heavy atom. The number of amides is 1. The van der Waals surface area contributed by atoms with Crippen molar-refractivity contribution in [2.24, 2.45) is 0 Å². The quantitative estimate of drug-likeness (QED) is 0.661. The van der Waals surface area contributed by atoms with E-state index in [-0.39, 0.29) is 18.1 Å². The van der Waals surface area contributed by atoms with Crippen LogP contribution in [0.2, 0.25) is 0 Å². The molecule has 0 bridgehead atoms. The number of nitrogens with zero attached hydrogens (tertiary/aromatic N) is 2. The van der Waals surface area contributed by atoms with Gasteiger partial charge in [0.25, 0.3) is 0 Å². The lowest BCUT2D eigenvalue weighted by molar-refractivity contribution is -0.132. The maximum absolute atomic E-state index is 12.3. The minimum Gasteiger partial charge on any atom is -0.391 e. The Bertz CT molecular complexity index is 282. The monoisotopic (exact) mass is 284 g/mol. The topological polar surface area (TPSA) is 43.8 Å². The second-order valence-electron chi connectivity index (χ2n) is 6.37. The number of hydrogen-bond donors (Lipinski definition) is 1. The predicted octanol–water partition coefficient (Wildman–Crippen LogP) is 2.26. The number of likely N-dealkylation sites (N-methyl/N-ethyl adjacent to an activating group) is 1. The fraction of sp³-hybridized carbons (Fsp3) is 0.938. The first kappa shape index (κ1) is 17.4. The van der Waals surface area contributed by atoms with Crippen molar-refractivity contribution in [3.63, 3.8) is 0 Å². The molecule has 1 heterocycles. The van der Waals surface area contributed by atoms with Crippen molar-refractivity contribution in [1.29, 1.82) is 0 Å². The second kappa shape index (κ2) is 9.35. The minimum absolute atomic E-state index is 0.188. The van der Waals surface area contributed by atoms with Crippen LogP contribution in [-0.2, 0) is 4.79 Å². The maximum atomic E-state index is 12.3. The van der Waals surface area contributed by atoms with E-state index in [1.807, 2.05) is 19.0 Å². The lowest BCUT2D eigenvalue weighted by atomic mass is 10.1. The summed E-state index contributed by atoms with van der Waals surface area (Å²) in [7, 11) is 4.03. The summed E-state index contributed by atoms with van der Waals surface area (Å²) in [5.41, 5.74) is 0. The Morgan fingerprint density at radius 3 is 2.50 bits per heavy atom. The van der Waals surface area contributed by atoms with Gasteiger partial charge >= 0.3 is 0 Å². The van der Waals surface area contributed by atoms with E-state index in [0.29, 0.717) is 13.0 Å². The lowest BCUT2D eigenvalue weighted by Crippen LogP contribution is -2.41. The van der Waals surface area contributed by atoms with Crippen molar-refractivity contribution in [2.45, 2.75) is 70.4 Å². The molecular formula is C16H32N2O2. The van der Waals surface area contributed by atoms with Gasteiger partial charge in [-0.2, -0.15) is 0 Å². The Balaban J connectivity index is 2.26. The van der Waals surface area contributed by atoms with Crippen LogP contribution in [0.1, 0.15) is 58.3 Å². The fourth-order valence-electron chi connectivity index (χ4n) is 2.99. The van der Waals surface area contributed by atoms with Gasteiger partial charge in [0.2, 0.25) is 5.91 Å². The van der Waals surface area contributed by atoms with Gasteiger partial charge in [0.05, 0.1) is 6.10 Å². The molecule has 0 aromatic carbocycles. The van der Waals surface area contributed by atoms with Crippen molar-refractivity contribution in [3.8, 4) is 0 Å². The van der Waals surface area contributed by atoms with Gasteiger partial charge in [0.15, 0.2) is 0 Å². The molecule has 0 spiro atoms. The van der Waals surface area contributed by atoms with Crippen LogP contribution < -0.4 is 0 Å². The fourth-order valence-corrected chi connectivity index (χ4v) is 2.99. The number of aliphatic hydroxyl groups is 1. The number of likely N-dealkylation sites (tertiary alicyclic amines) is 1. The van der Waals surface area contributed by atoms with Gasteiger partial charge < -0.3 is 14.9 Å². The van der Waals surface area contributed by atoms with Crippen LogP contribution in [0.25, 0.3) is 0 Å². The molecule has 0 saturated carbocycles. The van der Waals surface area contributed by atoms with E-state index in [9.17, 15) is 9.90 Å². The molecule has 2 atom stereocenters. The van der Waals surface area contributed by atoms with Crippen LogP contribution >= 0.6 is 0 Å². The highest BCUT2D eigenvalue weighted by molar-refractivity contribution is 5.76. The molecule has 0 aromatic rings. The molecule has 1 fully saturated rings. The van der Waals surface area contributed by atoms with Crippen LogP contribution in [-0.4, -0.2) is 60.1 Å². The Kier molecular flexibility index (Phi) is 8.15. The van der Waals surface area contributed by atoms with Gasteiger partial charge in [-0.1, -0.05) is 39.0 Å². The third-order valence-corrected chi connectivity index (χ3v) is 4.03. The smallest absolute Gasteiger partial charge is 0.222 e. The molecule has 1 rings (SSSR count). The summed E-state index contributed by atoms with van der Waals surface area (Å²) in [4.78, 5) is 16.3. The molecule has 1 aliphatic heterocycles. The maximum Gasteiger partial charge on any atom is 0.222 e. The van der Waals surface area contributed by atoms with E-state index < -0.39 is 0 Å². The normalized spacial score (nSPS) is 22.8. The molecule has 1 saturated heterocycles. The SMILES string of the molecule is CCCCCCCCC(=O)N1CC(O)CC1CN(C)C. The Morgan fingerprint density at radius 1 is 1.20 bits per heavy atom. The standard InChI is InChI=1S/C16H32N2O2/c1-4-5-6-7-8-9-10-16(20)18-13-15(19)11-14(18)12-17(2)3/h14-15,19H,4-13H2,1-3H3. The largest absolute Gasteiger partial charge is 0.391 e. The summed E-state index contributed by atoms with van der Waals surface area (Å²) in [6.07, 6.45) is 8.26.